The molecule has 0 saturated carbocycles. The van der Waals surface area contributed by atoms with Crippen molar-refractivity contribution in [3.8, 4) is 0 Å². The number of anilines is 1. The second-order valence-electron chi connectivity index (χ2n) is 6.21. The summed E-state index contributed by atoms with van der Waals surface area (Å²) >= 11 is 5.70. The van der Waals surface area contributed by atoms with Crippen LogP contribution in [0.1, 0.15) is 23.2 Å². The number of carbonyl (C=O) groups excluding carboxylic acids is 1. The van der Waals surface area contributed by atoms with Gasteiger partial charge in [0, 0.05) is 23.8 Å². The Morgan fingerprint density at radius 3 is 2.78 bits per heavy atom. The van der Waals surface area contributed by atoms with Gasteiger partial charge < -0.3 is 10.4 Å². The predicted octanol–water partition coefficient (Wildman–Crippen LogP) is 2.88. The van der Waals surface area contributed by atoms with E-state index < -0.39 is 27.8 Å². The van der Waals surface area contributed by atoms with Gasteiger partial charge in [-0.3, -0.25) is 4.79 Å². The molecule has 1 unspecified atom stereocenters. The van der Waals surface area contributed by atoms with Crippen LogP contribution in [0.15, 0.2) is 47.4 Å². The van der Waals surface area contributed by atoms with E-state index in [1.165, 1.54) is 40.7 Å². The van der Waals surface area contributed by atoms with Crippen molar-refractivity contribution in [2.45, 2.75) is 23.8 Å². The van der Waals surface area contributed by atoms with E-state index in [-0.39, 0.29) is 22.1 Å². The number of amides is 1. The monoisotopic (exact) mass is 412 g/mol. The lowest BCUT2D eigenvalue weighted by atomic mass is 10.2. The lowest BCUT2D eigenvalue weighted by Crippen LogP contribution is -2.37. The van der Waals surface area contributed by atoms with Gasteiger partial charge in [0.25, 0.3) is 5.91 Å². The summed E-state index contributed by atoms with van der Waals surface area (Å²) in [7, 11) is -3.82. The largest absolute Gasteiger partial charge is 0.395 e. The fourth-order valence-electron chi connectivity index (χ4n) is 3.02. The lowest BCUT2D eigenvalue weighted by Gasteiger charge is -2.22. The van der Waals surface area contributed by atoms with Gasteiger partial charge in [-0.25, -0.2) is 12.8 Å². The minimum absolute atomic E-state index is 0.0207. The van der Waals surface area contributed by atoms with Crippen molar-refractivity contribution in [2.75, 3.05) is 18.5 Å². The van der Waals surface area contributed by atoms with Crippen molar-refractivity contribution < 1.29 is 22.7 Å². The van der Waals surface area contributed by atoms with Crippen LogP contribution >= 0.6 is 11.6 Å². The Kier molecular flexibility index (Phi) is 5.81. The normalized spacial score (nSPS) is 17.8. The first-order chi connectivity index (χ1) is 12.8. The summed E-state index contributed by atoms with van der Waals surface area (Å²) in [5, 5.41) is 11.8. The molecule has 1 aliphatic heterocycles. The lowest BCUT2D eigenvalue weighted by molar-refractivity contribution is 0.102. The Morgan fingerprint density at radius 1 is 1.30 bits per heavy atom. The first-order valence-corrected chi connectivity index (χ1v) is 10.1. The van der Waals surface area contributed by atoms with E-state index in [1.54, 1.807) is 0 Å². The zero-order chi connectivity index (χ0) is 19.6. The van der Waals surface area contributed by atoms with E-state index in [0.717, 1.165) is 6.07 Å². The SMILES string of the molecule is O=C(Nc1ccc(F)c(Cl)c1)c1cccc(S(=O)(=O)N2CCCC2CO)c1. The van der Waals surface area contributed by atoms with Gasteiger partial charge in [-0.05, 0) is 49.2 Å². The van der Waals surface area contributed by atoms with Crippen molar-refractivity contribution in [2.24, 2.45) is 0 Å². The van der Waals surface area contributed by atoms with Crippen molar-refractivity contribution >= 4 is 33.2 Å². The first kappa shape index (κ1) is 19.8. The average Bonchev–Trinajstić information content (AvgIpc) is 3.14. The number of sulfonamides is 1. The molecule has 1 saturated heterocycles. The summed E-state index contributed by atoms with van der Waals surface area (Å²) in [5.41, 5.74) is 0.427. The van der Waals surface area contributed by atoms with Gasteiger partial charge in [-0.15, -0.1) is 0 Å². The van der Waals surface area contributed by atoms with Gasteiger partial charge in [0.05, 0.1) is 16.5 Å². The summed E-state index contributed by atoms with van der Waals surface area (Å²) < 4.78 is 40.2. The van der Waals surface area contributed by atoms with Crippen LogP contribution in [-0.4, -0.2) is 42.9 Å². The molecule has 6 nitrogen and oxygen atoms in total. The molecule has 0 aromatic heterocycles. The number of hydrogen-bond acceptors (Lipinski definition) is 4. The van der Waals surface area contributed by atoms with Crippen LogP contribution < -0.4 is 5.32 Å². The maximum absolute atomic E-state index is 13.2. The molecule has 2 N–H and O–H groups in total. The molecule has 2 aromatic carbocycles. The Balaban J connectivity index is 1.84. The topological polar surface area (TPSA) is 86.7 Å². The molecule has 144 valence electrons. The minimum Gasteiger partial charge on any atom is -0.395 e. The molecular formula is C18H18ClFN2O4S. The molecule has 0 aliphatic carbocycles. The summed E-state index contributed by atoms with van der Waals surface area (Å²) in [6, 6.07) is 8.95. The second kappa shape index (κ2) is 7.93. The Hall–Kier alpha value is -2.00. The molecule has 3 rings (SSSR count). The summed E-state index contributed by atoms with van der Waals surface area (Å²) in [6.45, 7) is 0.0861. The van der Waals surface area contributed by atoms with E-state index in [9.17, 15) is 22.7 Å². The van der Waals surface area contributed by atoms with Crippen molar-refractivity contribution in [1.82, 2.24) is 4.31 Å². The van der Waals surface area contributed by atoms with E-state index in [0.29, 0.717) is 25.1 Å². The Bertz CT molecular complexity index is 968. The van der Waals surface area contributed by atoms with Gasteiger partial charge in [-0.1, -0.05) is 17.7 Å². The summed E-state index contributed by atoms with van der Waals surface area (Å²) in [4.78, 5) is 12.4. The molecule has 2 aromatic rings. The van der Waals surface area contributed by atoms with E-state index >= 15 is 0 Å². The molecule has 0 bridgehead atoms. The smallest absolute Gasteiger partial charge is 0.255 e. The van der Waals surface area contributed by atoms with Gasteiger partial charge >= 0.3 is 0 Å². The first-order valence-electron chi connectivity index (χ1n) is 8.32. The third-order valence-corrected chi connectivity index (χ3v) is 6.65. The fourth-order valence-corrected chi connectivity index (χ4v) is 4.93. The van der Waals surface area contributed by atoms with Crippen LogP contribution in [0.2, 0.25) is 5.02 Å². The highest BCUT2D eigenvalue weighted by atomic mass is 35.5. The van der Waals surface area contributed by atoms with Crippen molar-refractivity contribution in [3.63, 3.8) is 0 Å². The fraction of sp³-hybridized carbons (Fsp3) is 0.278. The average molecular weight is 413 g/mol. The van der Waals surface area contributed by atoms with E-state index in [1.807, 2.05) is 0 Å². The highest BCUT2D eigenvalue weighted by Gasteiger charge is 2.35. The van der Waals surface area contributed by atoms with Gasteiger partial charge in [0.2, 0.25) is 10.0 Å². The van der Waals surface area contributed by atoms with Gasteiger partial charge in [0.1, 0.15) is 5.82 Å². The number of aliphatic hydroxyl groups excluding tert-OH is 1. The molecule has 1 heterocycles. The number of carbonyl (C=O) groups is 1. The number of nitrogens with zero attached hydrogens (tertiary/aromatic N) is 1. The molecule has 0 radical (unpaired) electrons. The maximum atomic E-state index is 13.2. The molecule has 1 aliphatic rings. The molecule has 1 amide bonds. The van der Waals surface area contributed by atoms with Crippen LogP contribution in [0, 0.1) is 5.82 Å². The van der Waals surface area contributed by atoms with Crippen LogP contribution in [0.3, 0.4) is 0 Å². The van der Waals surface area contributed by atoms with E-state index in [2.05, 4.69) is 5.32 Å². The zero-order valence-electron chi connectivity index (χ0n) is 14.2. The zero-order valence-corrected chi connectivity index (χ0v) is 15.8. The third kappa shape index (κ3) is 4.14. The number of halogens is 2. The third-order valence-electron chi connectivity index (χ3n) is 4.41. The van der Waals surface area contributed by atoms with Gasteiger partial charge in [0.15, 0.2) is 0 Å². The highest BCUT2D eigenvalue weighted by molar-refractivity contribution is 7.89. The highest BCUT2D eigenvalue weighted by Crippen LogP contribution is 2.26. The molecule has 1 fully saturated rings. The molecule has 1 atom stereocenters. The van der Waals surface area contributed by atoms with Crippen molar-refractivity contribution in [1.29, 1.82) is 0 Å². The van der Waals surface area contributed by atoms with Gasteiger partial charge in [-0.2, -0.15) is 4.31 Å². The second-order valence-corrected chi connectivity index (χ2v) is 8.50. The standard InChI is InChI=1S/C18H18ClFN2O4S/c19-16-10-13(6-7-17(16)20)21-18(24)12-3-1-5-15(9-12)27(25,26)22-8-2-4-14(22)11-23/h1,3,5-7,9-10,14,23H,2,4,8,11H2,(H,21,24). The Labute approximate surface area is 161 Å². The van der Waals surface area contributed by atoms with Crippen molar-refractivity contribution in [3.05, 3.63) is 58.9 Å². The Morgan fingerprint density at radius 2 is 2.07 bits per heavy atom. The predicted molar refractivity (Wildman–Crippen MR) is 99.8 cm³/mol. The number of aliphatic hydroxyl groups is 1. The quantitative estimate of drug-likeness (QED) is 0.790. The number of rotatable bonds is 5. The van der Waals surface area contributed by atoms with E-state index in [4.69, 9.17) is 11.6 Å². The molecule has 27 heavy (non-hydrogen) atoms. The molecule has 9 heteroatoms. The molecular weight excluding hydrogens is 395 g/mol. The minimum atomic E-state index is -3.82. The maximum Gasteiger partial charge on any atom is 0.255 e. The number of hydrogen-bond donors (Lipinski definition) is 2. The number of benzene rings is 2. The molecule has 0 spiro atoms. The van der Waals surface area contributed by atoms with Crippen LogP contribution in [0.5, 0.6) is 0 Å². The van der Waals surface area contributed by atoms with Crippen LogP contribution in [-0.2, 0) is 10.0 Å². The van der Waals surface area contributed by atoms with Crippen LogP contribution in [0.4, 0.5) is 10.1 Å². The summed E-state index contributed by atoms with van der Waals surface area (Å²) in [5.74, 6) is -1.15. The summed E-state index contributed by atoms with van der Waals surface area (Å²) in [6.07, 6.45) is 1.27. The van der Waals surface area contributed by atoms with Crippen LogP contribution in [0.25, 0.3) is 0 Å². The number of nitrogens with one attached hydrogen (secondary N) is 1.